The second-order valence-corrected chi connectivity index (χ2v) is 2.22. The van der Waals surface area contributed by atoms with Crippen molar-refractivity contribution in [2.75, 3.05) is 13.1 Å². The Labute approximate surface area is 49.1 Å². The maximum absolute atomic E-state index is 8.92. The highest BCUT2D eigenvalue weighted by molar-refractivity contribution is 4.65. The summed E-state index contributed by atoms with van der Waals surface area (Å²) < 4.78 is 0. The molecule has 1 radical (unpaired) electrons. The molecule has 1 fully saturated rings. The van der Waals surface area contributed by atoms with Crippen LogP contribution < -0.4 is 5.84 Å². The van der Waals surface area contributed by atoms with E-state index < -0.39 is 0 Å². The molecule has 0 aromatic rings. The van der Waals surface area contributed by atoms with Gasteiger partial charge < -0.3 is 5.11 Å². The summed E-state index contributed by atoms with van der Waals surface area (Å²) in [4.78, 5) is 0. The van der Waals surface area contributed by atoms with Gasteiger partial charge in [0.25, 0.3) is 0 Å². The third kappa shape index (κ3) is 1.43. The average Bonchev–Trinajstić information content (AvgIpc) is 1.77. The Balaban J connectivity index is 2.19. The number of hydrogen-bond acceptors (Lipinski definition) is 2. The molecule has 0 aromatic carbocycles. The van der Waals surface area contributed by atoms with Crippen molar-refractivity contribution < 1.29 is 5.11 Å². The molecular weight excluding hydrogens is 104 g/mol. The molecule has 1 aliphatic rings. The maximum Gasteiger partial charge on any atom is 0.0565 e. The Morgan fingerprint density at radius 3 is 2.25 bits per heavy atom. The van der Waals surface area contributed by atoms with Crippen LogP contribution in [0, 0.1) is 0 Å². The molecular formula is C5H11N2O. The number of rotatable bonds is 0. The molecule has 47 valence electrons. The van der Waals surface area contributed by atoms with Gasteiger partial charge in [-0.15, -0.1) is 0 Å². The lowest BCUT2D eigenvalue weighted by atomic mass is 10.1. The second kappa shape index (κ2) is 2.44. The molecule has 0 aliphatic carbocycles. The summed E-state index contributed by atoms with van der Waals surface area (Å²) in [6.45, 7) is 1.45. The topological polar surface area (TPSA) is 47.3 Å². The predicted molar refractivity (Wildman–Crippen MR) is 29.9 cm³/mol. The lowest BCUT2D eigenvalue weighted by Crippen LogP contribution is -2.34. The van der Waals surface area contributed by atoms with Crippen molar-refractivity contribution in [1.82, 2.24) is 10.9 Å². The van der Waals surface area contributed by atoms with Crippen LogP contribution >= 0.6 is 0 Å². The fourth-order valence-electron chi connectivity index (χ4n) is 0.866. The lowest BCUT2D eigenvalue weighted by molar-refractivity contribution is 0.0784. The lowest BCUT2D eigenvalue weighted by Gasteiger charge is -2.23. The Kier molecular flexibility index (Phi) is 1.83. The molecule has 1 heterocycles. The first kappa shape index (κ1) is 6.01. The van der Waals surface area contributed by atoms with Gasteiger partial charge in [-0.3, -0.25) is 0 Å². The Morgan fingerprint density at radius 2 is 1.88 bits per heavy atom. The van der Waals surface area contributed by atoms with Crippen LogP contribution in [0.5, 0.6) is 0 Å². The second-order valence-electron chi connectivity index (χ2n) is 2.22. The molecule has 1 saturated heterocycles. The summed E-state index contributed by atoms with van der Waals surface area (Å²) >= 11 is 0. The van der Waals surface area contributed by atoms with Gasteiger partial charge in [-0.25, -0.2) is 5.01 Å². The van der Waals surface area contributed by atoms with Gasteiger partial charge in [0.1, 0.15) is 0 Å². The molecule has 0 amide bonds. The van der Waals surface area contributed by atoms with Crippen molar-refractivity contribution in [2.45, 2.75) is 18.9 Å². The van der Waals surface area contributed by atoms with E-state index in [1.807, 2.05) is 0 Å². The fourth-order valence-corrected chi connectivity index (χ4v) is 0.866. The first-order valence-electron chi connectivity index (χ1n) is 2.93. The number of hydrogen-bond donors (Lipinski definition) is 1. The summed E-state index contributed by atoms with van der Waals surface area (Å²) in [6, 6.07) is 0. The van der Waals surface area contributed by atoms with Crippen LogP contribution in [0.1, 0.15) is 12.8 Å². The van der Waals surface area contributed by atoms with E-state index in [4.69, 9.17) is 10.9 Å². The highest BCUT2D eigenvalue weighted by Gasteiger charge is 2.13. The number of aliphatic hydroxyl groups excluding tert-OH is 1. The van der Waals surface area contributed by atoms with Crippen molar-refractivity contribution >= 4 is 0 Å². The minimum Gasteiger partial charge on any atom is -0.393 e. The van der Waals surface area contributed by atoms with E-state index in [-0.39, 0.29) is 6.10 Å². The third-order valence-corrected chi connectivity index (χ3v) is 1.46. The Hall–Kier alpha value is -0.120. The van der Waals surface area contributed by atoms with Crippen LogP contribution in [0.4, 0.5) is 0 Å². The van der Waals surface area contributed by atoms with E-state index in [9.17, 15) is 0 Å². The highest BCUT2D eigenvalue weighted by Crippen LogP contribution is 2.05. The van der Waals surface area contributed by atoms with E-state index in [1.54, 1.807) is 0 Å². The summed E-state index contributed by atoms with van der Waals surface area (Å²) in [5, 5.41) is 10.4. The van der Waals surface area contributed by atoms with E-state index in [1.165, 1.54) is 5.01 Å². The number of nitrogens with zero attached hydrogens (tertiary/aromatic N) is 1. The molecule has 0 bridgehead atoms. The summed E-state index contributed by atoms with van der Waals surface area (Å²) in [6.07, 6.45) is 1.39. The van der Waals surface area contributed by atoms with Gasteiger partial charge in [-0.1, -0.05) is 0 Å². The molecule has 0 spiro atoms. The van der Waals surface area contributed by atoms with Gasteiger partial charge in [-0.2, -0.15) is 5.84 Å². The zero-order valence-electron chi connectivity index (χ0n) is 4.80. The molecule has 8 heavy (non-hydrogen) atoms. The van der Waals surface area contributed by atoms with Crippen LogP contribution in [0.15, 0.2) is 0 Å². The first-order valence-corrected chi connectivity index (χ1v) is 2.93. The summed E-state index contributed by atoms with van der Waals surface area (Å²) in [7, 11) is 0. The monoisotopic (exact) mass is 115 g/mol. The van der Waals surface area contributed by atoms with E-state index in [2.05, 4.69) is 0 Å². The Morgan fingerprint density at radius 1 is 1.38 bits per heavy atom. The number of nitrogens with one attached hydrogen (secondary N) is 1. The first-order chi connectivity index (χ1) is 3.79. The summed E-state index contributed by atoms with van der Waals surface area (Å²) in [5.41, 5.74) is 0. The van der Waals surface area contributed by atoms with Gasteiger partial charge in [-0.05, 0) is 12.8 Å². The van der Waals surface area contributed by atoms with Crippen LogP contribution in [-0.2, 0) is 0 Å². The SMILES string of the molecule is [NH]N1CCC(O)CC1. The number of piperidine rings is 1. The van der Waals surface area contributed by atoms with Crippen LogP contribution in [0.25, 0.3) is 0 Å². The average molecular weight is 115 g/mol. The molecule has 0 saturated carbocycles. The van der Waals surface area contributed by atoms with Crippen molar-refractivity contribution in [3.8, 4) is 0 Å². The van der Waals surface area contributed by atoms with Crippen LogP contribution in [0.2, 0.25) is 0 Å². The molecule has 0 atom stereocenters. The quantitative estimate of drug-likeness (QED) is 0.468. The maximum atomic E-state index is 8.92. The van der Waals surface area contributed by atoms with Crippen LogP contribution in [-0.4, -0.2) is 29.3 Å². The van der Waals surface area contributed by atoms with E-state index >= 15 is 0 Å². The zero-order chi connectivity index (χ0) is 5.98. The molecule has 1 rings (SSSR count). The van der Waals surface area contributed by atoms with E-state index in [0.29, 0.717) is 0 Å². The predicted octanol–water partition coefficient (Wildman–Crippen LogP) is -0.359. The van der Waals surface area contributed by atoms with Gasteiger partial charge in [0, 0.05) is 13.1 Å². The van der Waals surface area contributed by atoms with Crippen molar-refractivity contribution in [1.29, 1.82) is 0 Å². The van der Waals surface area contributed by atoms with E-state index in [0.717, 1.165) is 25.9 Å². The van der Waals surface area contributed by atoms with Gasteiger partial charge in [0.15, 0.2) is 0 Å². The van der Waals surface area contributed by atoms with Gasteiger partial charge >= 0.3 is 0 Å². The molecule has 0 aromatic heterocycles. The molecule has 0 unspecified atom stereocenters. The zero-order valence-corrected chi connectivity index (χ0v) is 4.80. The number of aliphatic hydroxyl groups is 1. The van der Waals surface area contributed by atoms with Gasteiger partial charge in [0.2, 0.25) is 0 Å². The molecule has 3 nitrogen and oxygen atoms in total. The normalized spacial score (nSPS) is 26.2. The molecule has 2 N–H and O–H groups in total. The van der Waals surface area contributed by atoms with Crippen molar-refractivity contribution in [3.05, 3.63) is 0 Å². The summed E-state index contributed by atoms with van der Waals surface area (Å²) in [5.74, 6) is 7.08. The minimum atomic E-state index is -0.142. The van der Waals surface area contributed by atoms with Gasteiger partial charge in [0.05, 0.1) is 6.10 Å². The largest absolute Gasteiger partial charge is 0.393 e. The molecule has 3 heteroatoms. The standard InChI is InChI=1S/C5H11N2O/c6-7-3-1-5(8)2-4-7/h5-6,8H,1-4H2. The van der Waals surface area contributed by atoms with Crippen molar-refractivity contribution in [3.63, 3.8) is 0 Å². The smallest absolute Gasteiger partial charge is 0.0565 e. The highest BCUT2D eigenvalue weighted by atomic mass is 16.3. The molecule has 1 aliphatic heterocycles. The third-order valence-electron chi connectivity index (χ3n) is 1.46. The van der Waals surface area contributed by atoms with Crippen LogP contribution in [0.3, 0.4) is 0 Å². The fraction of sp³-hybridized carbons (Fsp3) is 1.00. The minimum absolute atomic E-state index is 0.142. The Bertz CT molecular complexity index is 58.8. The van der Waals surface area contributed by atoms with Crippen molar-refractivity contribution in [2.24, 2.45) is 0 Å².